The number of nitrogens with zero attached hydrogens (tertiary/aromatic N) is 2. The van der Waals surface area contributed by atoms with Crippen LogP contribution in [0.2, 0.25) is 0 Å². The molecule has 1 aromatic heterocycles. The van der Waals surface area contributed by atoms with E-state index < -0.39 is 0 Å². The topological polar surface area (TPSA) is 74.0 Å². The van der Waals surface area contributed by atoms with Crippen molar-refractivity contribution in [3.63, 3.8) is 0 Å². The Labute approximate surface area is 157 Å². The van der Waals surface area contributed by atoms with E-state index in [1.165, 1.54) is 0 Å². The molecule has 3 aliphatic rings. The van der Waals surface area contributed by atoms with Gasteiger partial charge < -0.3 is 23.5 Å². The average molecular weight is 370 g/mol. The lowest BCUT2D eigenvalue weighted by atomic mass is 10.0. The Morgan fingerprint density at radius 1 is 1.11 bits per heavy atom. The van der Waals surface area contributed by atoms with E-state index in [2.05, 4.69) is 0 Å². The van der Waals surface area contributed by atoms with E-state index in [4.69, 9.17) is 23.6 Å². The lowest BCUT2D eigenvalue weighted by Gasteiger charge is -2.27. The number of hydrogen-bond donors (Lipinski definition) is 0. The summed E-state index contributed by atoms with van der Waals surface area (Å²) in [5, 5.41) is 0. The highest BCUT2D eigenvalue weighted by Gasteiger charge is 2.31. The monoisotopic (exact) mass is 370 g/mol. The summed E-state index contributed by atoms with van der Waals surface area (Å²) in [4.78, 5) is 19.6. The molecule has 27 heavy (non-hydrogen) atoms. The SMILES string of the molecule is O=C(c1cccc2c1OCCO2)N1CCc2oc(C3CCOCC3)nc2C1. The summed E-state index contributed by atoms with van der Waals surface area (Å²) in [6.07, 6.45) is 2.56. The van der Waals surface area contributed by atoms with Crippen LogP contribution in [0.15, 0.2) is 22.6 Å². The standard InChI is InChI=1S/C20H22N2O5/c23-20(14-2-1-3-17-18(14)26-11-10-25-17)22-7-4-16-15(12-22)21-19(27-16)13-5-8-24-9-6-13/h1-3,13H,4-12H2. The van der Waals surface area contributed by atoms with Gasteiger partial charge in [0.1, 0.15) is 24.7 Å². The third kappa shape index (κ3) is 3.06. The van der Waals surface area contributed by atoms with Crippen molar-refractivity contribution in [1.82, 2.24) is 9.88 Å². The van der Waals surface area contributed by atoms with Gasteiger partial charge in [-0.3, -0.25) is 4.79 Å². The molecule has 0 bridgehead atoms. The Kier molecular flexibility index (Phi) is 4.24. The van der Waals surface area contributed by atoms with Gasteiger partial charge in [-0.05, 0) is 25.0 Å². The van der Waals surface area contributed by atoms with Crippen molar-refractivity contribution in [3.8, 4) is 11.5 Å². The summed E-state index contributed by atoms with van der Waals surface area (Å²) in [5.41, 5.74) is 1.42. The van der Waals surface area contributed by atoms with Crippen molar-refractivity contribution in [2.45, 2.75) is 31.7 Å². The van der Waals surface area contributed by atoms with Crippen LogP contribution < -0.4 is 9.47 Å². The number of carbonyl (C=O) groups excluding carboxylic acids is 1. The predicted octanol–water partition coefficient (Wildman–Crippen LogP) is 2.54. The van der Waals surface area contributed by atoms with E-state index in [0.717, 1.165) is 43.4 Å². The highest BCUT2D eigenvalue weighted by atomic mass is 16.6. The number of aromatic nitrogens is 1. The number of amides is 1. The second kappa shape index (κ2) is 6.88. The highest BCUT2D eigenvalue weighted by Crippen LogP contribution is 2.35. The van der Waals surface area contributed by atoms with Gasteiger partial charge in [0.2, 0.25) is 0 Å². The number of oxazole rings is 1. The first-order valence-corrected chi connectivity index (χ1v) is 9.53. The van der Waals surface area contributed by atoms with Gasteiger partial charge in [0, 0.05) is 32.1 Å². The van der Waals surface area contributed by atoms with Gasteiger partial charge in [-0.25, -0.2) is 4.98 Å². The van der Waals surface area contributed by atoms with Gasteiger partial charge in [0.05, 0.1) is 12.1 Å². The third-order valence-electron chi connectivity index (χ3n) is 5.40. The molecule has 0 spiro atoms. The molecule has 2 aromatic rings. The first-order chi connectivity index (χ1) is 13.3. The fourth-order valence-corrected chi connectivity index (χ4v) is 3.92. The number of rotatable bonds is 2. The van der Waals surface area contributed by atoms with Crippen LogP contribution in [-0.4, -0.2) is 48.8 Å². The van der Waals surface area contributed by atoms with E-state index in [1.54, 1.807) is 6.07 Å². The van der Waals surface area contributed by atoms with Crippen LogP contribution in [0.4, 0.5) is 0 Å². The Hall–Kier alpha value is -2.54. The zero-order valence-corrected chi connectivity index (χ0v) is 15.1. The molecule has 0 saturated carbocycles. The molecule has 0 atom stereocenters. The maximum Gasteiger partial charge on any atom is 0.258 e. The molecule has 142 valence electrons. The molecule has 5 rings (SSSR count). The minimum Gasteiger partial charge on any atom is -0.486 e. The van der Waals surface area contributed by atoms with Crippen molar-refractivity contribution in [3.05, 3.63) is 41.1 Å². The number of fused-ring (bicyclic) bond motifs is 2. The lowest BCUT2D eigenvalue weighted by molar-refractivity contribution is 0.0715. The third-order valence-corrected chi connectivity index (χ3v) is 5.40. The van der Waals surface area contributed by atoms with E-state index in [9.17, 15) is 4.79 Å². The fraction of sp³-hybridized carbons (Fsp3) is 0.500. The van der Waals surface area contributed by atoms with Crippen LogP contribution >= 0.6 is 0 Å². The zero-order chi connectivity index (χ0) is 18.2. The predicted molar refractivity (Wildman–Crippen MR) is 95.2 cm³/mol. The van der Waals surface area contributed by atoms with Crippen molar-refractivity contribution in [2.24, 2.45) is 0 Å². The molecule has 0 radical (unpaired) electrons. The summed E-state index contributed by atoms with van der Waals surface area (Å²) in [6.45, 7) is 3.54. The molecule has 7 nitrogen and oxygen atoms in total. The molecular weight excluding hydrogens is 348 g/mol. The van der Waals surface area contributed by atoms with E-state index in [0.29, 0.717) is 55.7 Å². The normalized spacial score (nSPS) is 19.6. The Bertz CT molecular complexity index is 856. The lowest BCUT2D eigenvalue weighted by Crippen LogP contribution is -2.36. The molecule has 1 saturated heterocycles. The minimum atomic E-state index is -0.0568. The smallest absolute Gasteiger partial charge is 0.258 e. The molecule has 4 heterocycles. The summed E-state index contributed by atoms with van der Waals surface area (Å²) in [6, 6.07) is 5.45. The Morgan fingerprint density at radius 3 is 2.85 bits per heavy atom. The maximum atomic E-state index is 13.1. The summed E-state index contributed by atoms with van der Waals surface area (Å²) in [7, 11) is 0. The molecule has 7 heteroatoms. The number of hydrogen-bond acceptors (Lipinski definition) is 6. The molecule has 1 fully saturated rings. The quantitative estimate of drug-likeness (QED) is 0.809. The van der Waals surface area contributed by atoms with Crippen LogP contribution in [0.25, 0.3) is 0 Å². The Balaban J connectivity index is 1.36. The van der Waals surface area contributed by atoms with Crippen LogP contribution in [-0.2, 0) is 17.7 Å². The zero-order valence-electron chi connectivity index (χ0n) is 15.1. The second-order valence-electron chi connectivity index (χ2n) is 7.12. The number of carbonyl (C=O) groups is 1. The van der Waals surface area contributed by atoms with Gasteiger partial charge >= 0.3 is 0 Å². The van der Waals surface area contributed by atoms with Gasteiger partial charge in [-0.1, -0.05) is 6.07 Å². The molecule has 0 unspecified atom stereocenters. The van der Waals surface area contributed by atoms with Gasteiger partial charge in [0.15, 0.2) is 17.4 Å². The first kappa shape index (κ1) is 16.6. The number of para-hydroxylation sites is 1. The summed E-state index contributed by atoms with van der Waals surface area (Å²) < 4.78 is 22.7. The Morgan fingerprint density at radius 2 is 1.96 bits per heavy atom. The van der Waals surface area contributed by atoms with E-state index in [1.807, 2.05) is 17.0 Å². The van der Waals surface area contributed by atoms with Crippen molar-refractivity contribution in [1.29, 1.82) is 0 Å². The fourth-order valence-electron chi connectivity index (χ4n) is 3.92. The van der Waals surface area contributed by atoms with Gasteiger partial charge in [-0.2, -0.15) is 0 Å². The molecule has 1 amide bonds. The first-order valence-electron chi connectivity index (χ1n) is 9.53. The van der Waals surface area contributed by atoms with Crippen LogP contribution in [0.5, 0.6) is 11.5 Å². The van der Waals surface area contributed by atoms with Crippen molar-refractivity contribution < 1.29 is 23.4 Å². The largest absolute Gasteiger partial charge is 0.486 e. The maximum absolute atomic E-state index is 13.1. The number of benzene rings is 1. The highest BCUT2D eigenvalue weighted by molar-refractivity contribution is 5.98. The average Bonchev–Trinajstić information content (AvgIpc) is 3.17. The van der Waals surface area contributed by atoms with E-state index in [-0.39, 0.29) is 5.91 Å². The van der Waals surface area contributed by atoms with Crippen molar-refractivity contribution >= 4 is 5.91 Å². The van der Waals surface area contributed by atoms with Gasteiger partial charge in [0.25, 0.3) is 5.91 Å². The van der Waals surface area contributed by atoms with Crippen LogP contribution in [0, 0.1) is 0 Å². The van der Waals surface area contributed by atoms with E-state index >= 15 is 0 Å². The summed E-state index contributed by atoms with van der Waals surface area (Å²) >= 11 is 0. The van der Waals surface area contributed by atoms with Crippen LogP contribution in [0.1, 0.15) is 46.5 Å². The molecule has 1 aromatic carbocycles. The summed E-state index contributed by atoms with van der Waals surface area (Å²) in [5.74, 6) is 3.15. The minimum absolute atomic E-state index is 0.0568. The van der Waals surface area contributed by atoms with Crippen molar-refractivity contribution in [2.75, 3.05) is 33.0 Å². The number of ether oxygens (including phenoxy) is 3. The molecule has 0 N–H and O–H groups in total. The second-order valence-corrected chi connectivity index (χ2v) is 7.12. The van der Waals surface area contributed by atoms with Crippen LogP contribution in [0.3, 0.4) is 0 Å². The van der Waals surface area contributed by atoms with Gasteiger partial charge in [-0.15, -0.1) is 0 Å². The molecular formula is C20H22N2O5. The molecule has 0 aliphatic carbocycles. The molecule has 3 aliphatic heterocycles.